The van der Waals surface area contributed by atoms with Crippen LogP contribution < -0.4 is 5.32 Å². The van der Waals surface area contributed by atoms with Gasteiger partial charge in [-0.25, -0.2) is 0 Å². The van der Waals surface area contributed by atoms with Crippen molar-refractivity contribution in [2.45, 2.75) is 46.3 Å². The van der Waals surface area contributed by atoms with Crippen molar-refractivity contribution in [3.05, 3.63) is 35.9 Å². The predicted molar refractivity (Wildman–Crippen MR) is 90.4 cm³/mol. The molecule has 0 aromatic heterocycles. The van der Waals surface area contributed by atoms with Crippen LogP contribution in [0.3, 0.4) is 0 Å². The van der Waals surface area contributed by atoms with Gasteiger partial charge in [0.1, 0.15) is 0 Å². The first-order chi connectivity index (χ1) is 9.69. The Morgan fingerprint density at radius 3 is 2.10 bits per heavy atom. The standard InChI is InChI=1S/C18H32N2O/c1-7-20(14-18(4,5)21)13-17(2,3)16(19-6)15-11-9-8-10-12-15/h8-12,16,19,21H,7,13-14H2,1-6H3. The van der Waals surface area contributed by atoms with Crippen molar-refractivity contribution in [2.75, 3.05) is 26.7 Å². The Labute approximate surface area is 130 Å². The minimum absolute atomic E-state index is 0.0668. The van der Waals surface area contributed by atoms with E-state index in [1.807, 2.05) is 20.9 Å². The lowest BCUT2D eigenvalue weighted by atomic mass is 9.79. The molecule has 0 bridgehead atoms. The average molecular weight is 292 g/mol. The zero-order valence-corrected chi connectivity index (χ0v) is 14.5. The predicted octanol–water partition coefficient (Wildman–Crippen LogP) is 3.07. The van der Waals surface area contributed by atoms with E-state index in [1.54, 1.807) is 0 Å². The van der Waals surface area contributed by atoms with Gasteiger partial charge in [0, 0.05) is 19.1 Å². The molecule has 1 rings (SSSR count). The highest BCUT2D eigenvalue weighted by molar-refractivity contribution is 5.21. The van der Waals surface area contributed by atoms with Crippen LogP contribution in [0.25, 0.3) is 0 Å². The van der Waals surface area contributed by atoms with Crippen molar-refractivity contribution in [1.82, 2.24) is 10.2 Å². The van der Waals surface area contributed by atoms with Gasteiger partial charge in [0.25, 0.3) is 0 Å². The molecule has 0 fully saturated rings. The monoisotopic (exact) mass is 292 g/mol. The van der Waals surface area contributed by atoms with E-state index in [1.165, 1.54) is 5.56 Å². The Kier molecular flexibility index (Phi) is 6.39. The second-order valence-corrected chi connectivity index (χ2v) is 7.24. The molecular formula is C18H32N2O. The highest BCUT2D eigenvalue weighted by atomic mass is 16.3. The molecule has 0 heterocycles. The molecule has 0 amide bonds. The van der Waals surface area contributed by atoms with Gasteiger partial charge in [-0.2, -0.15) is 0 Å². The molecular weight excluding hydrogens is 260 g/mol. The van der Waals surface area contributed by atoms with Gasteiger partial charge in [-0.1, -0.05) is 51.1 Å². The SMILES string of the molecule is CCN(CC(C)(C)O)CC(C)(C)C(NC)c1ccccc1. The van der Waals surface area contributed by atoms with E-state index in [4.69, 9.17) is 0 Å². The summed E-state index contributed by atoms with van der Waals surface area (Å²) in [5.74, 6) is 0. The van der Waals surface area contributed by atoms with Gasteiger partial charge in [-0.05, 0) is 38.4 Å². The van der Waals surface area contributed by atoms with E-state index in [0.717, 1.165) is 13.1 Å². The second kappa shape index (κ2) is 7.39. The van der Waals surface area contributed by atoms with Crippen LogP contribution in [-0.2, 0) is 0 Å². The molecule has 3 nitrogen and oxygen atoms in total. The minimum atomic E-state index is -0.659. The van der Waals surface area contributed by atoms with Gasteiger partial charge in [-0.3, -0.25) is 0 Å². The number of hydrogen-bond acceptors (Lipinski definition) is 3. The Morgan fingerprint density at radius 1 is 1.10 bits per heavy atom. The highest BCUT2D eigenvalue weighted by Crippen LogP contribution is 2.34. The van der Waals surface area contributed by atoms with Crippen LogP contribution in [0, 0.1) is 5.41 Å². The molecule has 0 aliphatic heterocycles. The molecule has 1 unspecified atom stereocenters. The fourth-order valence-corrected chi connectivity index (χ4v) is 3.15. The van der Waals surface area contributed by atoms with E-state index >= 15 is 0 Å². The molecule has 0 saturated heterocycles. The maximum atomic E-state index is 10.1. The molecule has 2 N–H and O–H groups in total. The average Bonchev–Trinajstić information content (AvgIpc) is 2.37. The second-order valence-electron chi connectivity index (χ2n) is 7.24. The van der Waals surface area contributed by atoms with Crippen molar-refractivity contribution in [3.63, 3.8) is 0 Å². The molecule has 21 heavy (non-hydrogen) atoms. The van der Waals surface area contributed by atoms with Crippen LogP contribution in [-0.4, -0.2) is 42.3 Å². The quantitative estimate of drug-likeness (QED) is 0.773. The molecule has 1 aromatic carbocycles. The maximum Gasteiger partial charge on any atom is 0.0718 e. The van der Waals surface area contributed by atoms with Gasteiger partial charge in [0.05, 0.1) is 5.60 Å². The van der Waals surface area contributed by atoms with Gasteiger partial charge in [-0.15, -0.1) is 0 Å². The van der Waals surface area contributed by atoms with Gasteiger partial charge in [0.15, 0.2) is 0 Å². The zero-order chi connectivity index (χ0) is 16.1. The largest absolute Gasteiger partial charge is 0.389 e. The van der Waals surface area contributed by atoms with Gasteiger partial charge in [0.2, 0.25) is 0 Å². The molecule has 0 radical (unpaired) electrons. The summed E-state index contributed by atoms with van der Waals surface area (Å²) in [7, 11) is 2.02. The first-order valence-corrected chi connectivity index (χ1v) is 7.86. The number of benzene rings is 1. The van der Waals surface area contributed by atoms with Crippen LogP contribution in [0.15, 0.2) is 30.3 Å². The third-order valence-electron chi connectivity index (χ3n) is 3.89. The summed E-state index contributed by atoms with van der Waals surface area (Å²) in [6.07, 6.45) is 0. The van der Waals surface area contributed by atoms with Gasteiger partial charge >= 0.3 is 0 Å². The topological polar surface area (TPSA) is 35.5 Å². The zero-order valence-electron chi connectivity index (χ0n) is 14.5. The number of aliphatic hydroxyl groups is 1. The van der Waals surface area contributed by atoms with Crippen LogP contribution >= 0.6 is 0 Å². The van der Waals surface area contributed by atoms with E-state index in [-0.39, 0.29) is 11.5 Å². The highest BCUT2D eigenvalue weighted by Gasteiger charge is 2.32. The van der Waals surface area contributed by atoms with Crippen molar-refractivity contribution < 1.29 is 5.11 Å². The Balaban J connectivity index is 2.86. The molecule has 0 spiro atoms. The van der Waals surface area contributed by atoms with E-state index < -0.39 is 5.60 Å². The summed E-state index contributed by atoms with van der Waals surface area (Å²) in [5.41, 5.74) is 0.718. The van der Waals surface area contributed by atoms with E-state index in [9.17, 15) is 5.11 Å². The number of hydrogen-bond donors (Lipinski definition) is 2. The lowest BCUT2D eigenvalue weighted by molar-refractivity contribution is 0.0211. The Bertz CT molecular complexity index is 409. The minimum Gasteiger partial charge on any atom is -0.389 e. The summed E-state index contributed by atoms with van der Waals surface area (Å²) >= 11 is 0. The molecule has 0 aliphatic rings. The van der Waals surface area contributed by atoms with Crippen LogP contribution in [0.4, 0.5) is 0 Å². The first kappa shape index (κ1) is 18.1. The number of nitrogens with one attached hydrogen (secondary N) is 1. The number of likely N-dealkylation sites (N-methyl/N-ethyl adjacent to an activating group) is 1. The van der Waals surface area contributed by atoms with Crippen molar-refractivity contribution >= 4 is 0 Å². The maximum absolute atomic E-state index is 10.1. The van der Waals surface area contributed by atoms with Crippen molar-refractivity contribution in [3.8, 4) is 0 Å². The fraction of sp³-hybridized carbons (Fsp3) is 0.667. The third-order valence-corrected chi connectivity index (χ3v) is 3.89. The van der Waals surface area contributed by atoms with Crippen LogP contribution in [0.1, 0.15) is 46.2 Å². The molecule has 0 aliphatic carbocycles. The molecule has 0 saturated carbocycles. The third kappa shape index (κ3) is 5.77. The summed E-state index contributed by atoms with van der Waals surface area (Å²) in [4.78, 5) is 2.33. The van der Waals surface area contributed by atoms with E-state index in [2.05, 4.69) is 61.3 Å². The molecule has 1 atom stereocenters. The summed E-state index contributed by atoms with van der Waals surface area (Å²) in [6, 6.07) is 10.9. The Morgan fingerprint density at radius 2 is 1.67 bits per heavy atom. The van der Waals surface area contributed by atoms with Crippen LogP contribution in [0.5, 0.6) is 0 Å². The fourth-order valence-electron chi connectivity index (χ4n) is 3.15. The molecule has 1 aromatic rings. The summed E-state index contributed by atoms with van der Waals surface area (Å²) in [5, 5.41) is 13.5. The first-order valence-electron chi connectivity index (χ1n) is 7.86. The van der Waals surface area contributed by atoms with E-state index in [0.29, 0.717) is 6.54 Å². The Hall–Kier alpha value is -0.900. The number of nitrogens with zero attached hydrogens (tertiary/aromatic N) is 1. The molecule has 3 heteroatoms. The normalized spacial score (nSPS) is 14.5. The number of rotatable bonds is 8. The molecule has 120 valence electrons. The smallest absolute Gasteiger partial charge is 0.0718 e. The lowest BCUT2D eigenvalue weighted by Crippen LogP contribution is -2.46. The summed E-state index contributed by atoms with van der Waals surface area (Å²) < 4.78 is 0. The lowest BCUT2D eigenvalue weighted by Gasteiger charge is -2.40. The van der Waals surface area contributed by atoms with Crippen molar-refractivity contribution in [1.29, 1.82) is 0 Å². The van der Waals surface area contributed by atoms with Gasteiger partial charge < -0.3 is 15.3 Å². The van der Waals surface area contributed by atoms with Crippen molar-refractivity contribution in [2.24, 2.45) is 5.41 Å². The van der Waals surface area contributed by atoms with Crippen LogP contribution in [0.2, 0.25) is 0 Å². The summed E-state index contributed by atoms with van der Waals surface area (Å²) in [6.45, 7) is 13.0.